The average Bonchev–Trinajstić information content (AvgIpc) is 3.10. The molecule has 0 spiro atoms. The van der Waals surface area contributed by atoms with Gasteiger partial charge in [-0.1, -0.05) is 37.6 Å². The van der Waals surface area contributed by atoms with E-state index >= 15 is 0 Å². The van der Waals surface area contributed by atoms with Crippen LogP contribution >= 0.6 is 11.6 Å². The van der Waals surface area contributed by atoms with Crippen LogP contribution in [0, 0.1) is 0 Å². The van der Waals surface area contributed by atoms with Crippen molar-refractivity contribution in [3.63, 3.8) is 0 Å². The van der Waals surface area contributed by atoms with Gasteiger partial charge in [0.15, 0.2) is 0 Å². The molecule has 4 heteroatoms. The summed E-state index contributed by atoms with van der Waals surface area (Å²) in [6, 6.07) is 9.46. The van der Waals surface area contributed by atoms with Gasteiger partial charge >= 0.3 is 5.63 Å². The van der Waals surface area contributed by atoms with Crippen LogP contribution in [0.4, 0.5) is 0 Å². The summed E-state index contributed by atoms with van der Waals surface area (Å²) in [4.78, 5) is 12.0. The summed E-state index contributed by atoms with van der Waals surface area (Å²) in [5.41, 5.74) is 5.79. The van der Waals surface area contributed by atoms with Gasteiger partial charge in [-0.25, -0.2) is 4.79 Å². The van der Waals surface area contributed by atoms with E-state index in [4.69, 9.17) is 20.8 Å². The summed E-state index contributed by atoms with van der Waals surface area (Å²) < 4.78 is 11.6. The minimum Gasteiger partial charge on any atom is -0.492 e. The number of fused-ring (bicyclic) bond motifs is 3. The quantitative estimate of drug-likeness (QED) is 0.609. The molecule has 0 amide bonds. The number of ether oxygens (including phenoxy) is 1. The van der Waals surface area contributed by atoms with Crippen molar-refractivity contribution in [2.75, 3.05) is 6.61 Å². The van der Waals surface area contributed by atoms with Crippen LogP contribution in [0.25, 0.3) is 22.1 Å². The lowest BCUT2D eigenvalue weighted by Crippen LogP contribution is -2.05. The molecule has 2 heterocycles. The van der Waals surface area contributed by atoms with Gasteiger partial charge in [0.05, 0.1) is 6.61 Å². The Labute approximate surface area is 151 Å². The normalized spacial score (nSPS) is 13.1. The lowest BCUT2D eigenvalue weighted by molar-refractivity contribution is 0.358. The topological polar surface area (TPSA) is 39.4 Å². The third kappa shape index (κ3) is 2.54. The number of benzene rings is 2. The minimum absolute atomic E-state index is 0.292. The second kappa shape index (κ2) is 6.23. The van der Waals surface area contributed by atoms with E-state index in [9.17, 15) is 4.79 Å². The van der Waals surface area contributed by atoms with Crippen molar-refractivity contribution in [1.82, 2.24) is 0 Å². The van der Waals surface area contributed by atoms with Crippen LogP contribution in [0.5, 0.6) is 5.75 Å². The van der Waals surface area contributed by atoms with E-state index in [1.54, 1.807) is 6.07 Å². The van der Waals surface area contributed by atoms with Crippen molar-refractivity contribution in [3.8, 4) is 16.9 Å². The monoisotopic (exact) mass is 354 g/mol. The Bertz CT molecular complexity index is 1020. The molecule has 0 bridgehead atoms. The van der Waals surface area contributed by atoms with E-state index < -0.39 is 0 Å². The predicted molar refractivity (Wildman–Crippen MR) is 101 cm³/mol. The van der Waals surface area contributed by atoms with Crippen LogP contribution < -0.4 is 10.4 Å². The molecule has 1 aliphatic heterocycles. The van der Waals surface area contributed by atoms with Gasteiger partial charge in [-0.15, -0.1) is 0 Å². The highest BCUT2D eigenvalue weighted by Gasteiger charge is 2.27. The van der Waals surface area contributed by atoms with Crippen molar-refractivity contribution >= 4 is 22.6 Å². The lowest BCUT2D eigenvalue weighted by atomic mass is 9.88. The summed E-state index contributed by atoms with van der Waals surface area (Å²) in [6.45, 7) is 4.80. The van der Waals surface area contributed by atoms with Crippen molar-refractivity contribution in [2.24, 2.45) is 0 Å². The fraction of sp³-hybridized carbons (Fsp3) is 0.286. The first-order chi connectivity index (χ1) is 12.1. The summed E-state index contributed by atoms with van der Waals surface area (Å²) in [7, 11) is 0. The molecular weight excluding hydrogens is 336 g/mol. The molecule has 0 unspecified atom stereocenters. The number of rotatable bonds is 3. The molecule has 0 saturated heterocycles. The number of hydrogen-bond donors (Lipinski definition) is 0. The first kappa shape index (κ1) is 16.2. The van der Waals surface area contributed by atoms with Gasteiger partial charge < -0.3 is 9.15 Å². The van der Waals surface area contributed by atoms with Crippen molar-refractivity contribution < 1.29 is 9.15 Å². The predicted octanol–water partition coefficient (Wildman–Crippen LogP) is 5.17. The summed E-state index contributed by atoms with van der Waals surface area (Å²) >= 11 is 6.07. The Morgan fingerprint density at radius 3 is 2.56 bits per heavy atom. The molecule has 4 rings (SSSR count). The van der Waals surface area contributed by atoms with Gasteiger partial charge in [0.25, 0.3) is 0 Å². The number of hydrogen-bond acceptors (Lipinski definition) is 3. The van der Waals surface area contributed by atoms with Crippen molar-refractivity contribution in [1.29, 1.82) is 0 Å². The number of halogens is 1. The standard InChI is InChI=1S/C21H19ClO3/c1-3-12-11-17(23)25-21-16-9-10-24-20(16)19(15(4-2)18(12)21)13-5-7-14(22)8-6-13/h5-8,11H,3-4,9-10H2,1-2H3. The molecule has 25 heavy (non-hydrogen) atoms. The molecule has 0 N–H and O–H groups in total. The molecule has 0 aliphatic carbocycles. The third-order valence-electron chi connectivity index (χ3n) is 4.89. The molecule has 3 nitrogen and oxygen atoms in total. The van der Waals surface area contributed by atoms with Crippen molar-refractivity contribution in [2.45, 2.75) is 33.1 Å². The molecular formula is C21H19ClO3. The van der Waals surface area contributed by atoms with E-state index in [1.165, 1.54) is 5.56 Å². The Morgan fingerprint density at radius 1 is 1.12 bits per heavy atom. The molecule has 1 aromatic heterocycles. The first-order valence-corrected chi connectivity index (χ1v) is 9.05. The van der Waals surface area contributed by atoms with E-state index in [0.717, 1.165) is 52.7 Å². The van der Waals surface area contributed by atoms with Gasteiger partial charge in [-0.2, -0.15) is 0 Å². The number of aryl methyl sites for hydroxylation is 2. The molecule has 0 atom stereocenters. The zero-order chi connectivity index (χ0) is 17.6. The highest BCUT2D eigenvalue weighted by molar-refractivity contribution is 6.30. The average molecular weight is 355 g/mol. The molecule has 0 fully saturated rings. The maximum Gasteiger partial charge on any atom is 0.336 e. The Hall–Kier alpha value is -2.26. The van der Waals surface area contributed by atoms with Gasteiger partial charge in [0.1, 0.15) is 11.3 Å². The van der Waals surface area contributed by atoms with Gasteiger partial charge in [0, 0.05) is 34.0 Å². The second-order valence-electron chi connectivity index (χ2n) is 6.27. The molecule has 1 aliphatic rings. The zero-order valence-corrected chi connectivity index (χ0v) is 15.1. The van der Waals surface area contributed by atoms with Crippen LogP contribution in [0.1, 0.15) is 30.5 Å². The van der Waals surface area contributed by atoms with Crippen molar-refractivity contribution in [3.05, 3.63) is 62.5 Å². The lowest BCUT2D eigenvalue weighted by Gasteiger charge is -2.18. The van der Waals surface area contributed by atoms with Gasteiger partial charge in [0.2, 0.25) is 0 Å². The first-order valence-electron chi connectivity index (χ1n) is 8.67. The largest absolute Gasteiger partial charge is 0.492 e. The SMILES string of the molecule is CCc1cc(=O)oc2c3c(c(-c4ccc(Cl)cc4)c(CC)c12)OCC3. The van der Waals surface area contributed by atoms with Crippen LogP contribution in [0.2, 0.25) is 5.02 Å². The second-order valence-corrected chi connectivity index (χ2v) is 6.70. The molecule has 2 aromatic carbocycles. The zero-order valence-electron chi connectivity index (χ0n) is 14.3. The van der Waals surface area contributed by atoms with E-state index in [2.05, 4.69) is 13.8 Å². The maximum atomic E-state index is 12.0. The van der Waals surface area contributed by atoms with E-state index in [0.29, 0.717) is 17.2 Å². The van der Waals surface area contributed by atoms with Crippen LogP contribution in [-0.4, -0.2) is 6.61 Å². The molecule has 3 aromatic rings. The van der Waals surface area contributed by atoms with Crippen LogP contribution in [-0.2, 0) is 19.3 Å². The smallest absolute Gasteiger partial charge is 0.336 e. The van der Waals surface area contributed by atoms with Gasteiger partial charge in [-0.3, -0.25) is 0 Å². The van der Waals surface area contributed by atoms with E-state index in [-0.39, 0.29) is 5.63 Å². The molecule has 128 valence electrons. The maximum absolute atomic E-state index is 12.0. The highest BCUT2D eigenvalue weighted by Crippen LogP contribution is 2.46. The van der Waals surface area contributed by atoms with E-state index in [1.807, 2.05) is 24.3 Å². The Morgan fingerprint density at radius 2 is 1.88 bits per heavy atom. The molecule has 0 radical (unpaired) electrons. The van der Waals surface area contributed by atoms with Crippen LogP contribution in [0.15, 0.2) is 39.5 Å². The van der Waals surface area contributed by atoms with Gasteiger partial charge in [-0.05, 0) is 41.7 Å². The summed E-state index contributed by atoms with van der Waals surface area (Å²) in [5.74, 6) is 0.850. The fourth-order valence-corrected chi connectivity index (χ4v) is 3.92. The summed E-state index contributed by atoms with van der Waals surface area (Å²) in [6.07, 6.45) is 2.37. The van der Waals surface area contributed by atoms with Crippen LogP contribution in [0.3, 0.4) is 0 Å². The summed E-state index contributed by atoms with van der Waals surface area (Å²) in [5, 5.41) is 1.78. The molecule has 0 saturated carbocycles. The minimum atomic E-state index is -0.292. The third-order valence-corrected chi connectivity index (χ3v) is 5.14. The fourth-order valence-electron chi connectivity index (χ4n) is 3.80. The highest BCUT2D eigenvalue weighted by atomic mass is 35.5. The Balaban J connectivity index is 2.18. The Kier molecular flexibility index (Phi) is 4.04.